The molecule has 0 aliphatic rings. The number of rotatable bonds is 6. The molecule has 1 amide bonds. The Bertz CT molecular complexity index is 338. The summed E-state index contributed by atoms with van der Waals surface area (Å²) in [5.74, 6) is 1.13. The molecule has 0 bridgehead atoms. The summed E-state index contributed by atoms with van der Waals surface area (Å²) >= 11 is 1.85. The number of carbonyl (C=O) groups excluding carboxylic acids is 1. The van der Waals surface area contributed by atoms with Crippen molar-refractivity contribution in [3.05, 3.63) is 24.3 Å². The van der Waals surface area contributed by atoms with Crippen molar-refractivity contribution in [3.8, 4) is 0 Å². The molecular formula is C13H19NOS. The highest BCUT2D eigenvalue weighted by Crippen LogP contribution is 2.22. The van der Waals surface area contributed by atoms with Gasteiger partial charge in [0.05, 0.1) is 0 Å². The lowest BCUT2D eigenvalue weighted by atomic mass is 10.3. The maximum atomic E-state index is 10.9. The minimum atomic E-state index is -0.0202. The van der Waals surface area contributed by atoms with Gasteiger partial charge in [0.2, 0.25) is 5.91 Å². The molecule has 0 radical (unpaired) electrons. The fourth-order valence-corrected chi connectivity index (χ4v) is 2.38. The molecule has 2 nitrogen and oxygen atoms in total. The smallest absolute Gasteiger partial charge is 0.221 e. The van der Waals surface area contributed by atoms with Gasteiger partial charge in [0, 0.05) is 17.5 Å². The molecule has 1 aromatic carbocycles. The zero-order chi connectivity index (χ0) is 11.8. The third-order valence-electron chi connectivity index (χ3n) is 2.17. The first-order valence-corrected chi connectivity index (χ1v) is 6.71. The van der Waals surface area contributed by atoms with Gasteiger partial charge in [-0.1, -0.05) is 25.8 Å². The minimum absolute atomic E-state index is 0.0202. The number of thioether (sulfide) groups is 1. The van der Waals surface area contributed by atoms with Gasteiger partial charge < -0.3 is 5.32 Å². The van der Waals surface area contributed by atoms with Gasteiger partial charge >= 0.3 is 0 Å². The monoisotopic (exact) mass is 237 g/mol. The number of unbranched alkanes of at least 4 members (excludes halogenated alkanes) is 2. The van der Waals surface area contributed by atoms with Gasteiger partial charge in [-0.2, -0.15) is 0 Å². The van der Waals surface area contributed by atoms with Crippen LogP contribution in [-0.2, 0) is 4.79 Å². The van der Waals surface area contributed by atoms with E-state index in [0.717, 1.165) is 11.4 Å². The lowest BCUT2D eigenvalue weighted by Gasteiger charge is -2.05. The van der Waals surface area contributed by atoms with Crippen molar-refractivity contribution in [1.29, 1.82) is 0 Å². The number of anilines is 1. The van der Waals surface area contributed by atoms with Crippen LogP contribution in [-0.4, -0.2) is 11.7 Å². The second-order valence-corrected chi connectivity index (χ2v) is 4.93. The van der Waals surface area contributed by atoms with Gasteiger partial charge in [-0.15, -0.1) is 11.8 Å². The van der Waals surface area contributed by atoms with Crippen molar-refractivity contribution in [3.63, 3.8) is 0 Å². The Morgan fingerprint density at radius 1 is 1.38 bits per heavy atom. The number of amides is 1. The van der Waals surface area contributed by atoms with Crippen LogP contribution < -0.4 is 5.32 Å². The first kappa shape index (κ1) is 13.1. The molecule has 0 saturated heterocycles. The Morgan fingerprint density at radius 3 is 2.88 bits per heavy atom. The Labute approximate surface area is 102 Å². The third-order valence-corrected chi connectivity index (χ3v) is 3.25. The summed E-state index contributed by atoms with van der Waals surface area (Å²) in [6, 6.07) is 8.00. The average Bonchev–Trinajstić information content (AvgIpc) is 2.24. The molecule has 0 fully saturated rings. The first-order chi connectivity index (χ1) is 7.72. The topological polar surface area (TPSA) is 29.1 Å². The van der Waals surface area contributed by atoms with E-state index in [-0.39, 0.29) is 5.91 Å². The Balaban J connectivity index is 2.44. The summed E-state index contributed by atoms with van der Waals surface area (Å²) in [5, 5.41) is 2.79. The van der Waals surface area contributed by atoms with E-state index in [9.17, 15) is 4.79 Å². The van der Waals surface area contributed by atoms with E-state index in [1.807, 2.05) is 30.0 Å². The van der Waals surface area contributed by atoms with Crippen molar-refractivity contribution in [2.24, 2.45) is 0 Å². The molecule has 1 rings (SSSR count). The predicted octanol–water partition coefficient (Wildman–Crippen LogP) is 3.93. The average molecular weight is 237 g/mol. The zero-order valence-corrected chi connectivity index (χ0v) is 10.8. The Kier molecular flexibility index (Phi) is 6.01. The van der Waals surface area contributed by atoms with Crippen LogP contribution in [0.1, 0.15) is 33.1 Å². The number of hydrogen-bond donors (Lipinski definition) is 1. The summed E-state index contributed by atoms with van der Waals surface area (Å²) in [7, 11) is 0. The highest BCUT2D eigenvalue weighted by molar-refractivity contribution is 7.99. The van der Waals surface area contributed by atoms with E-state index in [2.05, 4.69) is 18.3 Å². The molecule has 0 aliphatic heterocycles. The molecule has 0 aliphatic carbocycles. The van der Waals surface area contributed by atoms with E-state index < -0.39 is 0 Å². The predicted molar refractivity (Wildman–Crippen MR) is 71.0 cm³/mol. The van der Waals surface area contributed by atoms with Crippen molar-refractivity contribution >= 4 is 23.4 Å². The standard InChI is InChI=1S/C13H19NOS/c1-3-4-5-9-16-13-8-6-7-12(10-13)14-11(2)15/h6-8,10H,3-5,9H2,1-2H3,(H,14,15). The lowest BCUT2D eigenvalue weighted by molar-refractivity contribution is -0.114. The van der Waals surface area contributed by atoms with Crippen molar-refractivity contribution < 1.29 is 4.79 Å². The van der Waals surface area contributed by atoms with E-state index in [1.54, 1.807) is 0 Å². The van der Waals surface area contributed by atoms with Crippen molar-refractivity contribution in [2.45, 2.75) is 38.0 Å². The van der Waals surface area contributed by atoms with Crippen LogP contribution in [0.4, 0.5) is 5.69 Å². The molecular weight excluding hydrogens is 218 g/mol. The highest BCUT2D eigenvalue weighted by atomic mass is 32.2. The first-order valence-electron chi connectivity index (χ1n) is 5.73. The summed E-state index contributed by atoms with van der Waals surface area (Å²) in [5.41, 5.74) is 0.882. The normalized spacial score (nSPS) is 10.1. The summed E-state index contributed by atoms with van der Waals surface area (Å²) in [6.07, 6.45) is 3.80. The number of carbonyl (C=O) groups is 1. The largest absolute Gasteiger partial charge is 0.326 e. The lowest BCUT2D eigenvalue weighted by Crippen LogP contribution is -2.05. The van der Waals surface area contributed by atoms with Gasteiger partial charge in [0.25, 0.3) is 0 Å². The van der Waals surface area contributed by atoms with Gasteiger partial charge in [-0.05, 0) is 30.4 Å². The number of benzene rings is 1. The van der Waals surface area contributed by atoms with E-state index >= 15 is 0 Å². The maximum Gasteiger partial charge on any atom is 0.221 e. The molecule has 0 saturated carbocycles. The van der Waals surface area contributed by atoms with Crippen molar-refractivity contribution in [1.82, 2.24) is 0 Å². The molecule has 0 atom stereocenters. The Hall–Kier alpha value is -0.960. The minimum Gasteiger partial charge on any atom is -0.326 e. The number of hydrogen-bond acceptors (Lipinski definition) is 2. The van der Waals surface area contributed by atoms with E-state index in [4.69, 9.17) is 0 Å². The molecule has 88 valence electrons. The summed E-state index contributed by atoms with van der Waals surface area (Å²) in [4.78, 5) is 12.1. The fourth-order valence-electron chi connectivity index (χ4n) is 1.41. The van der Waals surface area contributed by atoms with Crippen LogP contribution >= 0.6 is 11.8 Å². The molecule has 16 heavy (non-hydrogen) atoms. The van der Waals surface area contributed by atoms with Crippen LogP contribution in [0.2, 0.25) is 0 Å². The molecule has 3 heteroatoms. The summed E-state index contributed by atoms with van der Waals surface area (Å²) in [6.45, 7) is 3.74. The van der Waals surface area contributed by atoms with Crippen LogP contribution in [0.15, 0.2) is 29.2 Å². The molecule has 1 aromatic rings. The molecule has 0 aromatic heterocycles. The van der Waals surface area contributed by atoms with Crippen LogP contribution in [0.5, 0.6) is 0 Å². The Morgan fingerprint density at radius 2 is 2.19 bits per heavy atom. The maximum absolute atomic E-state index is 10.9. The summed E-state index contributed by atoms with van der Waals surface area (Å²) < 4.78 is 0. The molecule has 0 heterocycles. The van der Waals surface area contributed by atoms with E-state index in [1.165, 1.54) is 31.1 Å². The van der Waals surface area contributed by atoms with Gasteiger partial charge in [-0.25, -0.2) is 0 Å². The quantitative estimate of drug-likeness (QED) is 0.600. The van der Waals surface area contributed by atoms with Gasteiger partial charge in [0.1, 0.15) is 0 Å². The fraction of sp³-hybridized carbons (Fsp3) is 0.462. The molecule has 0 spiro atoms. The third kappa shape index (κ3) is 5.21. The van der Waals surface area contributed by atoms with Gasteiger partial charge in [0.15, 0.2) is 0 Å². The van der Waals surface area contributed by atoms with Crippen LogP contribution in [0.25, 0.3) is 0 Å². The van der Waals surface area contributed by atoms with Crippen molar-refractivity contribution in [2.75, 3.05) is 11.1 Å². The van der Waals surface area contributed by atoms with Gasteiger partial charge in [-0.3, -0.25) is 4.79 Å². The molecule has 0 unspecified atom stereocenters. The second kappa shape index (κ2) is 7.34. The van der Waals surface area contributed by atoms with Crippen LogP contribution in [0, 0.1) is 0 Å². The zero-order valence-electron chi connectivity index (χ0n) is 9.95. The van der Waals surface area contributed by atoms with E-state index in [0.29, 0.717) is 0 Å². The molecule has 1 N–H and O–H groups in total. The highest BCUT2D eigenvalue weighted by Gasteiger charge is 1.98. The second-order valence-electron chi connectivity index (χ2n) is 3.76. The van der Waals surface area contributed by atoms with Crippen LogP contribution in [0.3, 0.4) is 0 Å². The SMILES string of the molecule is CCCCCSc1cccc(NC(C)=O)c1. The number of nitrogens with one attached hydrogen (secondary N) is 1.